The van der Waals surface area contributed by atoms with Crippen LogP contribution in [0.5, 0.6) is 0 Å². The van der Waals surface area contributed by atoms with Gasteiger partial charge in [-0.25, -0.2) is 9.37 Å². The molecule has 3 rings (SSSR count). The second kappa shape index (κ2) is 7.45. The maximum absolute atomic E-state index is 13.7. The highest BCUT2D eigenvalue weighted by atomic mass is 32.2. The Bertz CT molecular complexity index is 893. The van der Waals surface area contributed by atoms with Crippen molar-refractivity contribution in [1.29, 1.82) is 0 Å². The first kappa shape index (κ1) is 16.5. The molecular weight excluding hydrogens is 323 g/mol. The van der Waals surface area contributed by atoms with Crippen LogP contribution in [-0.4, -0.2) is 9.97 Å². The third-order valence-corrected chi connectivity index (χ3v) is 4.67. The molecule has 3 nitrogen and oxygen atoms in total. The number of aryl methyl sites for hydroxylation is 1. The minimum Gasteiger partial charge on any atom is -0.301 e. The van der Waals surface area contributed by atoms with Crippen molar-refractivity contribution in [3.8, 4) is 0 Å². The summed E-state index contributed by atoms with van der Waals surface area (Å²) in [7, 11) is 0. The normalized spacial score (nSPS) is 10.8. The minimum atomic E-state index is -0.246. The van der Waals surface area contributed by atoms with E-state index in [1.165, 1.54) is 17.8 Å². The number of aromatic amines is 1. The lowest BCUT2D eigenvalue weighted by Crippen LogP contribution is -2.17. The van der Waals surface area contributed by atoms with Crippen LogP contribution in [-0.2, 0) is 12.2 Å². The zero-order valence-corrected chi connectivity index (χ0v) is 14.1. The van der Waals surface area contributed by atoms with Gasteiger partial charge in [0, 0.05) is 23.4 Å². The fourth-order valence-electron chi connectivity index (χ4n) is 2.42. The van der Waals surface area contributed by atoms with Crippen molar-refractivity contribution in [2.24, 2.45) is 0 Å². The summed E-state index contributed by atoms with van der Waals surface area (Å²) in [5, 5.41) is 0.512. The Morgan fingerprint density at radius 3 is 2.50 bits per heavy atom. The fraction of sp³-hybridized carbons (Fsp3) is 0.158. The Kier molecular flexibility index (Phi) is 5.11. The largest absolute Gasteiger partial charge is 0.301 e. The first-order valence-electron chi connectivity index (χ1n) is 7.63. The van der Waals surface area contributed by atoms with Crippen molar-refractivity contribution < 1.29 is 4.39 Å². The van der Waals surface area contributed by atoms with Gasteiger partial charge in [0.25, 0.3) is 5.56 Å². The van der Waals surface area contributed by atoms with Crippen LogP contribution >= 0.6 is 11.8 Å². The van der Waals surface area contributed by atoms with Gasteiger partial charge >= 0.3 is 0 Å². The van der Waals surface area contributed by atoms with Gasteiger partial charge in [0.1, 0.15) is 5.82 Å². The van der Waals surface area contributed by atoms with Crippen LogP contribution in [0, 0.1) is 12.7 Å². The van der Waals surface area contributed by atoms with E-state index >= 15 is 0 Å². The summed E-state index contributed by atoms with van der Waals surface area (Å²) in [6, 6.07) is 16.4. The summed E-state index contributed by atoms with van der Waals surface area (Å²) in [6.07, 6.45) is 0.549. The third kappa shape index (κ3) is 3.92. The molecule has 0 fully saturated rings. The molecule has 0 aliphatic heterocycles. The lowest BCUT2D eigenvalue weighted by Gasteiger charge is -2.08. The highest BCUT2D eigenvalue weighted by Crippen LogP contribution is 2.21. The molecule has 3 aromatic rings. The molecule has 5 heteroatoms. The topological polar surface area (TPSA) is 45.8 Å². The summed E-state index contributed by atoms with van der Waals surface area (Å²) >= 11 is 1.32. The molecule has 0 bridgehead atoms. The zero-order chi connectivity index (χ0) is 16.9. The minimum absolute atomic E-state index is 0.137. The smallest absolute Gasteiger partial charge is 0.255 e. The molecule has 1 heterocycles. The summed E-state index contributed by atoms with van der Waals surface area (Å²) in [5.41, 5.74) is 2.90. The van der Waals surface area contributed by atoms with Crippen LogP contribution < -0.4 is 5.56 Å². The molecule has 1 N–H and O–H groups in total. The van der Waals surface area contributed by atoms with E-state index in [-0.39, 0.29) is 11.4 Å². The molecule has 0 aliphatic rings. The van der Waals surface area contributed by atoms with E-state index in [1.807, 2.05) is 37.3 Å². The number of halogens is 1. The Hall–Kier alpha value is -2.40. The van der Waals surface area contributed by atoms with E-state index in [2.05, 4.69) is 9.97 Å². The van der Waals surface area contributed by atoms with Gasteiger partial charge in [-0.1, -0.05) is 60.3 Å². The van der Waals surface area contributed by atoms with Crippen LogP contribution in [0.4, 0.5) is 4.39 Å². The fourth-order valence-corrected chi connectivity index (χ4v) is 3.32. The van der Waals surface area contributed by atoms with Gasteiger partial charge in [-0.2, -0.15) is 0 Å². The van der Waals surface area contributed by atoms with Crippen molar-refractivity contribution in [3.63, 3.8) is 0 Å². The van der Waals surface area contributed by atoms with E-state index in [1.54, 1.807) is 18.2 Å². The molecule has 24 heavy (non-hydrogen) atoms. The maximum atomic E-state index is 13.7. The van der Waals surface area contributed by atoms with Crippen LogP contribution in [0.3, 0.4) is 0 Å². The summed E-state index contributed by atoms with van der Waals surface area (Å²) < 4.78 is 13.7. The van der Waals surface area contributed by atoms with Gasteiger partial charge in [-0.05, 0) is 24.1 Å². The molecule has 2 aromatic carbocycles. The maximum Gasteiger partial charge on any atom is 0.255 e. The summed E-state index contributed by atoms with van der Waals surface area (Å²) in [4.78, 5) is 19.6. The van der Waals surface area contributed by atoms with E-state index in [9.17, 15) is 9.18 Å². The first-order valence-corrected chi connectivity index (χ1v) is 8.62. The van der Waals surface area contributed by atoms with Gasteiger partial charge in [0.05, 0.1) is 0 Å². The van der Waals surface area contributed by atoms with Gasteiger partial charge in [-0.15, -0.1) is 0 Å². The standard InChI is InChI=1S/C19H17FN2OS/c1-13-16(11-14-7-3-2-4-8-14)18(23)22-19(21-13)24-12-15-9-5-6-10-17(15)20/h2-10H,11-12H2,1H3,(H,21,22,23). The number of rotatable bonds is 5. The van der Waals surface area contributed by atoms with E-state index in [4.69, 9.17) is 0 Å². The van der Waals surface area contributed by atoms with E-state index in [0.717, 1.165) is 5.56 Å². The quantitative estimate of drug-likeness (QED) is 0.562. The Labute approximate surface area is 144 Å². The predicted octanol–water partition coefficient (Wildman–Crippen LogP) is 4.10. The van der Waals surface area contributed by atoms with Crippen molar-refractivity contribution in [3.05, 3.63) is 93.2 Å². The molecule has 0 unspecified atom stereocenters. The lowest BCUT2D eigenvalue weighted by atomic mass is 10.1. The molecule has 1 aromatic heterocycles. The third-order valence-electron chi connectivity index (χ3n) is 3.75. The van der Waals surface area contributed by atoms with Crippen molar-refractivity contribution in [2.75, 3.05) is 0 Å². The van der Waals surface area contributed by atoms with E-state index < -0.39 is 0 Å². The molecule has 0 atom stereocenters. The number of aromatic nitrogens is 2. The first-order chi connectivity index (χ1) is 11.6. The Balaban J connectivity index is 1.77. The Morgan fingerprint density at radius 1 is 1.08 bits per heavy atom. The van der Waals surface area contributed by atoms with Crippen LogP contribution in [0.2, 0.25) is 0 Å². The van der Waals surface area contributed by atoms with Crippen LogP contribution in [0.1, 0.15) is 22.4 Å². The molecule has 0 amide bonds. The Morgan fingerprint density at radius 2 is 1.79 bits per heavy atom. The van der Waals surface area contributed by atoms with Crippen molar-refractivity contribution >= 4 is 11.8 Å². The summed E-state index contributed by atoms with van der Waals surface area (Å²) in [6.45, 7) is 1.83. The van der Waals surface area contributed by atoms with Crippen molar-refractivity contribution in [2.45, 2.75) is 24.3 Å². The number of hydrogen-bond acceptors (Lipinski definition) is 3. The van der Waals surface area contributed by atoms with Crippen LogP contribution in [0.25, 0.3) is 0 Å². The summed E-state index contributed by atoms with van der Waals surface area (Å²) in [5.74, 6) is 0.178. The highest BCUT2D eigenvalue weighted by Gasteiger charge is 2.10. The molecule has 122 valence electrons. The average molecular weight is 340 g/mol. The highest BCUT2D eigenvalue weighted by molar-refractivity contribution is 7.98. The number of benzene rings is 2. The van der Waals surface area contributed by atoms with Gasteiger partial charge in [0.2, 0.25) is 0 Å². The second-order valence-electron chi connectivity index (χ2n) is 5.48. The van der Waals surface area contributed by atoms with Gasteiger partial charge in [-0.3, -0.25) is 4.79 Å². The lowest BCUT2D eigenvalue weighted by molar-refractivity contribution is 0.617. The number of thioether (sulfide) groups is 1. The second-order valence-corrected chi connectivity index (χ2v) is 6.44. The molecular formula is C19H17FN2OS. The monoisotopic (exact) mass is 340 g/mol. The van der Waals surface area contributed by atoms with Crippen molar-refractivity contribution in [1.82, 2.24) is 9.97 Å². The number of nitrogens with one attached hydrogen (secondary N) is 1. The number of nitrogens with zero attached hydrogens (tertiary/aromatic N) is 1. The van der Waals surface area contributed by atoms with Gasteiger partial charge in [0.15, 0.2) is 5.16 Å². The zero-order valence-electron chi connectivity index (χ0n) is 13.3. The molecule has 0 aliphatic carbocycles. The molecule has 0 saturated heterocycles. The van der Waals surface area contributed by atoms with E-state index in [0.29, 0.717) is 34.2 Å². The average Bonchev–Trinajstić information content (AvgIpc) is 2.58. The SMILES string of the molecule is Cc1nc(SCc2ccccc2F)[nH]c(=O)c1Cc1ccccc1. The molecule has 0 saturated carbocycles. The molecule has 0 radical (unpaired) electrons. The van der Waals surface area contributed by atoms with Crippen LogP contribution in [0.15, 0.2) is 64.5 Å². The number of hydrogen-bond donors (Lipinski definition) is 1. The van der Waals surface area contributed by atoms with Gasteiger partial charge < -0.3 is 4.98 Å². The molecule has 0 spiro atoms. The predicted molar refractivity (Wildman–Crippen MR) is 94.8 cm³/mol. The number of H-pyrrole nitrogens is 1.